The maximum absolute atomic E-state index is 3.56. The van der Waals surface area contributed by atoms with Gasteiger partial charge < -0.3 is 5.32 Å². The fourth-order valence-corrected chi connectivity index (χ4v) is 2.24. The molecule has 3 fully saturated rings. The van der Waals surface area contributed by atoms with Crippen LogP contribution in [0.4, 0.5) is 0 Å². The van der Waals surface area contributed by atoms with Gasteiger partial charge in [0.2, 0.25) is 0 Å². The van der Waals surface area contributed by atoms with Crippen LogP contribution in [0.2, 0.25) is 0 Å². The molecule has 3 heterocycles. The van der Waals surface area contributed by atoms with Crippen LogP contribution in [0.3, 0.4) is 0 Å². The second-order valence-electron chi connectivity index (χ2n) is 3.65. The molecule has 3 aliphatic rings. The molecular formula is C8H16N2. The third kappa shape index (κ3) is 0.789. The average molecular weight is 140 g/mol. The molecule has 2 bridgehead atoms. The van der Waals surface area contributed by atoms with E-state index in [1.165, 1.54) is 19.4 Å². The number of nitrogens with one attached hydrogen (secondary N) is 1. The van der Waals surface area contributed by atoms with E-state index in [2.05, 4.69) is 24.2 Å². The van der Waals surface area contributed by atoms with Crippen molar-refractivity contribution < 1.29 is 0 Å². The van der Waals surface area contributed by atoms with Crippen LogP contribution in [0.25, 0.3) is 0 Å². The monoisotopic (exact) mass is 140 g/mol. The minimum absolute atomic E-state index is 0.757. The van der Waals surface area contributed by atoms with E-state index in [0.717, 1.165) is 18.1 Å². The van der Waals surface area contributed by atoms with Crippen molar-refractivity contribution in [1.29, 1.82) is 0 Å². The van der Waals surface area contributed by atoms with Gasteiger partial charge in [-0.05, 0) is 26.8 Å². The molecule has 0 aromatic heterocycles. The second-order valence-corrected chi connectivity index (χ2v) is 3.65. The highest BCUT2D eigenvalue weighted by Crippen LogP contribution is 2.25. The van der Waals surface area contributed by atoms with E-state index < -0.39 is 0 Å². The number of fused-ring (bicyclic) bond motifs is 3. The maximum atomic E-state index is 3.56. The van der Waals surface area contributed by atoms with E-state index in [0.29, 0.717) is 0 Å². The van der Waals surface area contributed by atoms with Crippen molar-refractivity contribution in [2.45, 2.75) is 37.9 Å². The molecule has 0 saturated carbocycles. The van der Waals surface area contributed by atoms with Crippen LogP contribution in [0.1, 0.15) is 19.8 Å². The number of hydrogen-bond donors (Lipinski definition) is 1. The van der Waals surface area contributed by atoms with Crippen LogP contribution in [0.5, 0.6) is 0 Å². The lowest BCUT2D eigenvalue weighted by Crippen LogP contribution is -2.64. The molecule has 0 aromatic carbocycles. The first-order valence-electron chi connectivity index (χ1n) is 4.24. The minimum atomic E-state index is 0.757. The molecule has 0 aromatic rings. The number of rotatable bonds is 0. The van der Waals surface area contributed by atoms with E-state index in [1.54, 1.807) is 0 Å². The molecule has 0 spiro atoms. The Kier molecular flexibility index (Phi) is 1.46. The Hall–Kier alpha value is -0.0800. The normalized spacial score (nSPS) is 48.0. The minimum Gasteiger partial charge on any atom is -0.311 e. The second kappa shape index (κ2) is 2.21. The zero-order valence-corrected chi connectivity index (χ0v) is 6.80. The topological polar surface area (TPSA) is 15.3 Å². The van der Waals surface area contributed by atoms with Gasteiger partial charge in [-0.15, -0.1) is 0 Å². The average Bonchev–Trinajstić information content (AvgIpc) is 2.00. The molecule has 58 valence electrons. The molecule has 3 unspecified atom stereocenters. The Morgan fingerprint density at radius 2 is 2.20 bits per heavy atom. The van der Waals surface area contributed by atoms with Gasteiger partial charge in [0, 0.05) is 24.7 Å². The largest absolute Gasteiger partial charge is 0.311 e. The lowest BCUT2D eigenvalue weighted by molar-refractivity contribution is 0.0473. The predicted octanol–water partition coefficient (Wildman–Crippen LogP) is 0.441. The number of piperidine rings is 2. The SMILES string of the molecule is CC1C2CCC(CN2)N1C. The van der Waals surface area contributed by atoms with Crippen molar-refractivity contribution >= 4 is 0 Å². The molecule has 2 nitrogen and oxygen atoms in total. The summed E-state index contributed by atoms with van der Waals surface area (Å²) in [7, 11) is 2.25. The zero-order valence-electron chi connectivity index (χ0n) is 6.80. The summed E-state index contributed by atoms with van der Waals surface area (Å²) in [5, 5.41) is 3.56. The fraction of sp³-hybridized carbons (Fsp3) is 1.00. The van der Waals surface area contributed by atoms with Crippen molar-refractivity contribution in [1.82, 2.24) is 10.2 Å². The summed E-state index contributed by atoms with van der Waals surface area (Å²) in [5.41, 5.74) is 0. The van der Waals surface area contributed by atoms with Gasteiger partial charge in [-0.25, -0.2) is 0 Å². The lowest BCUT2D eigenvalue weighted by atomic mass is 9.88. The summed E-state index contributed by atoms with van der Waals surface area (Å²) >= 11 is 0. The standard InChI is InChI=1S/C8H16N2/c1-6-8-4-3-7(5-9-8)10(6)2/h6-9H,3-5H2,1-2H3. The van der Waals surface area contributed by atoms with Crippen molar-refractivity contribution in [2.75, 3.05) is 13.6 Å². The van der Waals surface area contributed by atoms with E-state index in [9.17, 15) is 0 Å². The highest BCUT2D eigenvalue weighted by atomic mass is 15.3. The van der Waals surface area contributed by atoms with Crippen molar-refractivity contribution in [2.24, 2.45) is 0 Å². The predicted molar refractivity (Wildman–Crippen MR) is 42.0 cm³/mol. The molecule has 3 saturated heterocycles. The first-order chi connectivity index (χ1) is 4.79. The summed E-state index contributed by atoms with van der Waals surface area (Å²) in [6, 6.07) is 2.35. The van der Waals surface area contributed by atoms with E-state index in [4.69, 9.17) is 0 Å². The Balaban J connectivity index is 2.13. The van der Waals surface area contributed by atoms with Gasteiger partial charge in [0.1, 0.15) is 0 Å². The highest BCUT2D eigenvalue weighted by Gasteiger charge is 2.36. The Bertz CT molecular complexity index is 107. The number of likely N-dealkylation sites (N-methyl/N-ethyl adjacent to an activating group) is 1. The molecule has 1 N–H and O–H groups in total. The van der Waals surface area contributed by atoms with Crippen molar-refractivity contribution in [3.05, 3.63) is 0 Å². The molecule has 0 amide bonds. The summed E-state index contributed by atoms with van der Waals surface area (Å²) in [6.45, 7) is 3.54. The van der Waals surface area contributed by atoms with E-state index in [-0.39, 0.29) is 0 Å². The number of nitrogens with zero attached hydrogens (tertiary/aromatic N) is 1. The fourth-order valence-electron chi connectivity index (χ4n) is 2.24. The first kappa shape index (κ1) is 6.62. The third-order valence-electron chi connectivity index (χ3n) is 3.23. The summed E-state index contributed by atoms with van der Waals surface area (Å²) in [4.78, 5) is 2.52. The van der Waals surface area contributed by atoms with Crippen LogP contribution in [0, 0.1) is 0 Å². The van der Waals surface area contributed by atoms with Crippen LogP contribution < -0.4 is 5.32 Å². The van der Waals surface area contributed by atoms with Gasteiger partial charge in [-0.3, -0.25) is 4.90 Å². The molecule has 0 radical (unpaired) electrons. The molecule has 0 aliphatic carbocycles. The highest BCUT2D eigenvalue weighted by molar-refractivity contribution is 4.96. The van der Waals surface area contributed by atoms with Gasteiger partial charge in [-0.1, -0.05) is 0 Å². The van der Waals surface area contributed by atoms with Gasteiger partial charge in [0.25, 0.3) is 0 Å². The van der Waals surface area contributed by atoms with Crippen molar-refractivity contribution in [3.63, 3.8) is 0 Å². The molecule has 2 heteroatoms. The van der Waals surface area contributed by atoms with E-state index >= 15 is 0 Å². The molecule has 3 rings (SSSR count). The number of hydrogen-bond acceptors (Lipinski definition) is 2. The Labute approximate surface area is 62.6 Å². The van der Waals surface area contributed by atoms with Crippen molar-refractivity contribution in [3.8, 4) is 0 Å². The van der Waals surface area contributed by atoms with Crippen LogP contribution >= 0.6 is 0 Å². The van der Waals surface area contributed by atoms with Gasteiger partial charge in [-0.2, -0.15) is 0 Å². The van der Waals surface area contributed by atoms with Crippen LogP contribution in [0.15, 0.2) is 0 Å². The molecule has 3 atom stereocenters. The Morgan fingerprint density at radius 1 is 1.40 bits per heavy atom. The maximum Gasteiger partial charge on any atom is 0.0221 e. The quantitative estimate of drug-likeness (QED) is 0.525. The van der Waals surface area contributed by atoms with E-state index in [1.807, 2.05) is 0 Å². The first-order valence-corrected chi connectivity index (χ1v) is 4.24. The number of piperazine rings is 1. The van der Waals surface area contributed by atoms with Crippen LogP contribution in [-0.2, 0) is 0 Å². The van der Waals surface area contributed by atoms with Crippen LogP contribution in [-0.4, -0.2) is 36.6 Å². The smallest absolute Gasteiger partial charge is 0.0221 e. The van der Waals surface area contributed by atoms with Gasteiger partial charge >= 0.3 is 0 Å². The molecular weight excluding hydrogens is 124 g/mol. The summed E-state index contributed by atoms with van der Waals surface area (Å²) in [5.74, 6) is 0. The lowest BCUT2D eigenvalue weighted by Gasteiger charge is -2.49. The zero-order chi connectivity index (χ0) is 7.14. The molecule has 3 aliphatic heterocycles. The summed E-state index contributed by atoms with van der Waals surface area (Å²) < 4.78 is 0. The van der Waals surface area contributed by atoms with Gasteiger partial charge in [0.15, 0.2) is 0 Å². The molecule has 10 heavy (non-hydrogen) atoms. The third-order valence-corrected chi connectivity index (χ3v) is 3.23. The summed E-state index contributed by atoms with van der Waals surface area (Å²) in [6.07, 6.45) is 2.79. The van der Waals surface area contributed by atoms with Gasteiger partial charge in [0.05, 0.1) is 0 Å². The Morgan fingerprint density at radius 3 is 2.50 bits per heavy atom.